The zero-order chi connectivity index (χ0) is 18.0. The Morgan fingerprint density at radius 3 is 2.52 bits per heavy atom. The van der Waals surface area contributed by atoms with Crippen LogP contribution in [0.3, 0.4) is 0 Å². The van der Waals surface area contributed by atoms with Crippen molar-refractivity contribution in [2.75, 3.05) is 13.1 Å². The lowest BCUT2D eigenvalue weighted by molar-refractivity contribution is 0.0796. The number of carbonyl (C=O) groups is 1. The van der Waals surface area contributed by atoms with Crippen molar-refractivity contribution in [1.29, 1.82) is 0 Å². The van der Waals surface area contributed by atoms with Crippen molar-refractivity contribution < 1.29 is 9.18 Å². The number of halogens is 1. The molecule has 1 aromatic heterocycles. The largest absolute Gasteiger partial charge is 0.309 e. The molecule has 0 aliphatic carbocycles. The second-order valence-electron chi connectivity index (χ2n) is 6.63. The van der Waals surface area contributed by atoms with E-state index in [2.05, 4.69) is 14.9 Å². The predicted molar refractivity (Wildman–Crippen MR) is 93.0 cm³/mol. The van der Waals surface area contributed by atoms with E-state index in [1.165, 1.54) is 18.2 Å². The van der Waals surface area contributed by atoms with Gasteiger partial charge in [-0.1, -0.05) is 0 Å². The van der Waals surface area contributed by atoms with Gasteiger partial charge in [-0.15, -0.1) is 0 Å². The summed E-state index contributed by atoms with van der Waals surface area (Å²) in [5.74, 6) is 0.362. The molecule has 1 fully saturated rings. The van der Waals surface area contributed by atoms with Gasteiger partial charge < -0.3 is 4.98 Å². The van der Waals surface area contributed by atoms with Crippen LogP contribution in [-0.4, -0.2) is 33.7 Å². The maximum Gasteiger partial charge on any atom is 0.251 e. The van der Waals surface area contributed by atoms with E-state index in [1.54, 1.807) is 19.1 Å². The second kappa shape index (κ2) is 7.27. The normalized spacial score (nSPS) is 17.4. The smallest absolute Gasteiger partial charge is 0.251 e. The van der Waals surface area contributed by atoms with Gasteiger partial charge in [0.2, 0.25) is 0 Å². The Balaban J connectivity index is 1.64. The standard InChI is InChI=1S/C19H22FN3O2/c1-12-11-17(24)22-19(21-12)13(2)23-9-7-15(8-10-23)18(25)14-3-5-16(20)6-4-14/h3-6,11,13,15H,7-10H2,1-2H3,(H,21,22,24)/t13-/m0/s1. The third kappa shape index (κ3) is 4.02. The summed E-state index contributed by atoms with van der Waals surface area (Å²) in [6.45, 7) is 5.34. The van der Waals surface area contributed by atoms with Crippen molar-refractivity contribution >= 4 is 5.78 Å². The van der Waals surface area contributed by atoms with Crippen LogP contribution in [0.2, 0.25) is 0 Å². The van der Waals surface area contributed by atoms with Gasteiger partial charge in [-0.05, 0) is 64.0 Å². The number of benzene rings is 1. The Kier molecular flexibility index (Phi) is 5.08. The highest BCUT2D eigenvalue weighted by Gasteiger charge is 2.29. The number of carbonyl (C=O) groups excluding carboxylic acids is 1. The summed E-state index contributed by atoms with van der Waals surface area (Å²) < 4.78 is 13.0. The number of aromatic nitrogens is 2. The molecule has 1 aromatic carbocycles. The predicted octanol–water partition coefficient (Wildman–Crippen LogP) is 2.87. The molecule has 0 unspecified atom stereocenters. The quantitative estimate of drug-likeness (QED) is 0.867. The lowest BCUT2D eigenvalue weighted by Gasteiger charge is -2.35. The van der Waals surface area contributed by atoms with Gasteiger partial charge in [0, 0.05) is 23.2 Å². The number of aromatic amines is 1. The van der Waals surface area contributed by atoms with Crippen LogP contribution in [0.1, 0.15) is 47.7 Å². The molecule has 2 aromatic rings. The first-order valence-corrected chi connectivity index (χ1v) is 8.56. The summed E-state index contributed by atoms with van der Waals surface area (Å²) in [7, 11) is 0. The fourth-order valence-electron chi connectivity index (χ4n) is 3.37. The number of likely N-dealkylation sites (tertiary alicyclic amines) is 1. The molecule has 25 heavy (non-hydrogen) atoms. The molecule has 0 bridgehead atoms. The minimum Gasteiger partial charge on any atom is -0.309 e. The van der Waals surface area contributed by atoms with Crippen molar-refractivity contribution in [1.82, 2.24) is 14.9 Å². The van der Waals surface area contributed by atoms with Crippen molar-refractivity contribution in [2.45, 2.75) is 32.7 Å². The maximum atomic E-state index is 13.0. The van der Waals surface area contributed by atoms with Gasteiger partial charge in [-0.2, -0.15) is 0 Å². The van der Waals surface area contributed by atoms with Gasteiger partial charge in [0.25, 0.3) is 5.56 Å². The van der Waals surface area contributed by atoms with Gasteiger partial charge in [-0.25, -0.2) is 9.37 Å². The number of hydrogen-bond acceptors (Lipinski definition) is 4. The Bertz CT molecular complexity index is 808. The molecular formula is C19H22FN3O2. The molecule has 1 aliphatic rings. The Hall–Kier alpha value is -2.34. The highest BCUT2D eigenvalue weighted by molar-refractivity contribution is 5.97. The van der Waals surface area contributed by atoms with E-state index in [9.17, 15) is 14.0 Å². The van der Waals surface area contributed by atoms with Crippen LogP contribution >= 0.6 is 0 Å². The number of hydrogen-bond donors (Lipinski definition) is 1. The fourth-order valence-corrected chi connectivity index (χ4v) is 3.37. The second-order valence-corrected chi connectivity index (χ2v) is 6.63. The molecule has 0 spiro atoms. The summed E-state index contributed by atoms with van der Waals surface area (Å²) in [5, 5.41) is 0. The number of nitrogens with zero attached hydrogens (tertiary/aromatic N) is 2. The zero-order valence-electron chi connectivity index (χ0n) is 14.5. The summed E-state index contributed by atoms with van der Waals surface area (Å²) in [5.41, 5.74) is 1.13. The van der Waals surface area contributed by atoms with E-state index in [0.29, 0.717) is 17.1 Å². The summed E-state index contributed by atoms with van der Waals surface area (Å²) in [6, 6.07) is 7.22. The van der Waals surface area contributed by atoms with Crippen molar-refractivity contribution in [2.24, 2.45) is 5.92 Å². The highest BCUT2D eigenvalue weighted by atomic mass is 19.1. The average Bonchev–Trinajstić information content (AvgIpc) is 2.60. The maximum absolute atomic E-state index is 13.0. The lowest BCUT2D eigenvalue weighted by Crippen LogP contribution is -2.39. The highest BCUT2D eigenvalue weighted by Crippen LogP contribution is 2.27. The Morgan fingerprint density at radius 2 is 1.92 bits per heavy atom. The molecule has 6 heteroatoms. The van der Waals surface area contributed by atoms with E-state index in [4.69, 9.17) is 0 Å². The molecule has 0 amide bonds. The minimum atomic E-state index is -0.333. The average molecular weight is 343 g/mol. The molecule has 1 N–H and O–H groups in total. The lowest BCUT2D eigenvalue weighted by atomic mass is 9.88. The number of ketones is 1. The first-order chi connectivity index (χ1) is 11.9. The number of aryl methyl sites for hydroxylation is 1. The number of rotatable bonds is 4. The zero-order valence-corrected chi connectivity index (χ0v) is 14.5. The third-order valence-corrected chi connectivity index (χ3v) is 4.86. The van der Waals surface area contributed by atoms with Crippen molar-refractivity contribution in [3.8, 4) is 0 Å². The Morgan fingerprint density at radius 1 is 1.28 bits per heavy atom. The molecule has 1 atom stereocenters. The fraction of sp³-hybridized carbons (Fsp3) is 0.421. The van der Waals surface area contributed by atoms with E-state index in [-0.39, 0.29) is 29.1 Å². The summed E-state index contributed by atoms with van der Waals surface area (Å²) >= 11 is 0. The van der Waals surface area contributed by atoms with Crippen LogP contribution in [0.15, 0.2) is 35.1 Å². The van der Waals surface area contributed by atoms with E-state index in [1.807, 2.05) is 6.92 Å². The molecule has 132 valence electrons. The Labute approximate surface area is 145 Å². The SMILES string of the molecule is Cc1cc(=O)[nH]c([C@H](C)N2CCC(C(=O)c3ccc(F)cc3)CC2)n1. The molecule has 1 aliphatic heterocycles. The molecule has 5 nitrogen and oxygen atoms in total. The van der Waals surface area contributed by atoms with Gasteiger partial charge in [0.1, 0.15) is 11.6 Å². The molecule has 0 saturated carbocycles. The van der Waals surface area contributed by atoms with E-state index < -0.39 is 0 Å². The van der Waals surface area contributed by atoms with Gasteiger partial charge in [-0.3, -0.25) is 14.5 Å². The van der Waals surface area contributed by atoms with Gasteiger partial charge >= 0.3 is 0 Å². The van der Waals surface area contributed by atoms with E-state index >= 15 is 0 Å². The molecule has 3 rings (SSSR count). The van der Waals surface area contributed by atoms with Crippen LogP contribution in [-0.2, 0) is 0 Å². The third-order valence-electron chi connectivity index (χ3n) is 4.86. The first kappa shape index (κ1) is 17.5. The van der Waals surface area contributed by atoms with Crippen LogP contribution in [0, 0.1) is 18.7 Å². The van der Waals surface area contributed by atoms with Crippen LogP contribution in [0.4, 0.5) is 4.39 Å². The topological polar surface area (TPSA) is 66.1 Å². The van der Waals surface area contributed by atoms with Crippen molar-refractivity contribution in [3.05, 3.63) is 63.6 Å². The first-order valence-electron chi connectivity index (χ1n) is 8.56. The van der Waals surface area contributed by atoms with Crippen LogP contribution < -0.4 is 5.56 Å². The number of Topliss-reactive ketones (excluding diaryl/α,β-unsaturated/α-hetero) is 1. The summed E-state index contributed by atoms with van der Waals surface area (Å²) in [4.78, 5) is 33.6. The van der Waals surface area contributed by atoms with Gasteiger partial charge in [0.15, 0.2) is 5.78 Å². The van der Waals surface area contributed by atoms with Gasteiger partial charge in [0.05, 0.1) is 6.04 Å². The molecule has 2 heterocycles. The van der Waals surface area contributed by atoms with Crippen LogP contribution in [0.25, 0.3) is 0 Å². The monoisotopic (exact) mass is 343 g/mol. The summed E-state index contributed by atoms with van der Waals surface area (Å²) in [6.07, 6.45) is 1.49. The number of nitrogens with one attached hydrogen (secondary N) is 1. The van der Waals surface area contributed by atoms with Crippen molar-refractivity contribution in [3.63, 3.8) is 0 Å². The van der Waals surface area contributed by atoms with Crippen LogP contribution in [0.5, 0.6) is 0 Å². The minimum absolute atomic E-state index is 0.00512. The number of H-pyrrole nitrogens is 1. The molecule has 0 radical (unpaired) electrons. The molecule has 1 saturated heterocycles. The van der Waals surface area contributed by atoms with E-state index in [0.717, 1.165) is 25.9 Å². The number of piperidine rings is 1. The molecular weight excluding hydrogens is 321 g/mol.